The van der Waals surface area contributed by atoms with Gasteiger partial charge in [0, 0.05) is 28.5 Å². The number of thioether (sulfide) groups is 1. The van der Waals surface area contributed by atoms with Crippen molar-refractivity contribution in [3.05, 3.63) is 46.2 Å². The average Bonchev–Trinajstić information content (AvgIpc) is 3.08. The van der Waals surface area contributed by atoms with Crippen molar-refractivity contribution in [2.75, 3.05) is 26.0 Å². The highest BCUT2D eigenvalue weighted by Crippen LogP contribution is 2.28. The fraction of sp³-hybridized carbons (Fsp3) is 0.353. The summed E-state index contributed by atoms with van der Waals surface area (Å²) in [6.45, 7) is 3.07. The maximum absolute atomic E-state index is 12.2. The van der Waals surface area contributed by atoms with Gasteiger partial charge in [-0.3, -0.25) is 4.79 Å². The molecule has 1 N–H and O–H groups in total. The van der Waals surface area contributed by atoms with Gasteiger partial charge in [-0.25, -0.2) is 0 Å². The van der Waals surface area contributed by atoms with Crippen molar-refractivity contribution in [3.63, 3.8) is 0 Å². The van der Waals surface area contributed by atoms with Gasteiger partial charge in [0.15, 0.2) is 11.5 Å². The van der Waals surface area contributed by atoms with E-state index < -0.39 is 0 Å². The Hall–Kier alpha value is -1.66. The Balaban J connectivity index is 1.79. The van der Waals surface area contributed by atoms with Crippen molar-refractivity contribution < 1.29 is 14.3 Å². The van der Waals surface area contributed by atoms with Crippen LogP contribution in [0, 0.1) is 0 Å². The molecule has 124 valence electrons. The van der Waals surface area contributed by atoms with Gasteiger partial charge in [0.05, 0.1) is 13.7 Å². The lowest BCUT2D eigenvalue weighted by atomic mass is 10.2. The Morgan fingerprint density at radius 1 is 1.30 bits per heavy atom. The minimum Gasteiger partial charge on any atom is -0.493 e. The molecule has 4 nitrogen and oxygen atoms in total. The molecule has 0 aliphatic carbocycles. The van der Waals surface area contributed by atoms with Gasteiger partial charge in [0.25, 0.3) is 5.91 Å². The topological polar surface area (TPSA) is 47.6 Å². The molecule has 0 unspecified atom stereocenters. The monoisotopic (exact) mass is 351 g/mol. The van der Waals surface area contributed by atoms with Gasteiger partial charge >= 0.3 is 0 Å². The minimum atomic E-state index is -0.0923. The van der Waals surface area contributed by atoms with Crippen molar-refractivity contribution in [2.24, 2.45) is 0 Å². The number of carbonyl (C=O) groups is 1. The minimum absolute atomic E-state index is 0.0923. The molecule has 0 saturated carbocycles. The standard InChI is InChI=1S/C17H21NO3S2/c1-3-21-16-11-13(6-7-15(16)20-2)17(19)18-8-10-22-12-14-5-4-9-23-14/h4-7,9,11H,3,8,10,12H2,1-2H3,(H,18,19). The van der Waals surface area contributed by atoms with Gasteiger partial charge in [-0.05, 0) is 36.6 Å². The van der Waals surface area contributed by atoms with E-state index >= 15 is 0 Å². The molecule has 23 heavy (non-hydrogen) atoms. The van der Waals surface area contributed by atoms with E-state index in [0.717, 1.165) is 11.5 Å². The average molecular weight is 351 g/mol. The highest BCUT2D eigenvalue weighted by Gasteiger charge is 2.10. The van der Waals surface area contributed by atoms with Gasteiger partial charge in [-0.1, -0.05) is 6.07 Å². The lowest BCUT2D eigenvalue weighted by molar-refractivity contribution is 0.0955. The summed E-state index contributed by atoms with van der Waals surface area (Å²) >= 11 is 3.58. The fourth-order valence-electron chi connectivity index (χ4n) is 1.99. The van der Waals surface area contributed by atoms with Crippen molar-refractivity contribution in [1.82, 2.24) is 5.32 Å². The number of amides is 1. The van der Waals surface area contributed by atoms with Gasteiger partial charge in [0.2, 0.25) is 0 Å². The number of carbonyl (C=O) groups excluding carboxylic acids is 1. The smallest absolute Gasteiger partial charge is 0.251 e. The van der Waals surface area contributed by atoms with Gasteiger partial charge in [0.1, 0.15) is 0 Å². The molecule has 0 atom stereocenters. The highest BCUT2D eigenvalue weighted by atomic mass is 32.2. The molecule has 1 heterocycles. The molecule has 0 spiro atoms. The normalized spacial score (nSPS) is 10.3. The first-order chi connectivity index (χ1) is 11.2. The molecule has 2 rings (SSSR count). The number of benzene rings is 1. The van der Waals surface area contributed by atoms with Crippen LogP contribution in [0.25, 0.3) is 0 Å². The first-order valence-corrected chi connectivity index (χ1v) is 9.47. The molecule has 2 aromatic rings. The number of rotatable bonds is 9. The van der Waals surface area contributed by atoms with E-state index in [9.17, 15) is 4.79 Å². The molecular weight excluding hydrogens is 330 g/mol. The Kier molecular flexibility index (Phi) is 7.29. The maximum atomic E-state index is 12.2. The van der Waals surface area contributed by atoms with Crippen LogP contribution in [0.5, 0.6) is 11.5 Å². The zero-order chi connectivity index (χ0) is 16.5. The number of thiophene rings is 1. The second-order valence-electron chi connectivity index (χ2n) is 4.69. The third-order valence-corrected chi connectivity index (χ3v) is 5.15. The molecule has 0 fully saturated rings. The third-order valence-electron chi connectivity index (χ3n) is 3.08. The first-order valence-electron chi connectivity index (χ1n) is 7.43. The van der Waals surface area contributed by atoms with E-state index in [2.05, 4.69) is 22.8 Å². The summed E-state index contributed by atoms with van der Waals surface area (Å²) in [6, 6.07) is 9.40. The molecule has 0 saturated heterocycles. The van der Waals surface area contributed by atoms with E-state index in [1.807, 2.05) is 18.7 Å². The molecule has 1 aromatic carbocycles. The Morgan fingerprint density at radius 2 is 2.17 bits per heavy atom. The zero-order valence-corrected chi connectivity index (χ0v) is 15.0. The van der Waals surface area contributed by atoms with Crippen molar-refractivity contribution in [3.8, 4) is 11.5 Å². The van der Waals surface area contributed by atoms with Gasteiger partial charge in [-0.15, -0.1) is 11.3 Å². The molecule has 0 aliphatic rings. The molecule has 0 bridgehead atoms. The third kappa shape index (κ3) is 5.48. The van der Waals surface area contributed by atoms with E-state index in [0.29, 0.717) is 30.2 Å². The molecule has 1 aromatic heterocycles. The molecule has 1 amide bonds. The lowest BCUT2D eigenvalue weighted by Crippen LogP contribution is -2.25. The van der Waals surface area contributed by atoms with Crippen LogP contribution in [-0.4, -0.2) is 31.9 Å². The van der Waals surface area contributed by atoms with Crippen LogP contribution < -0.4 is 14.8 Å². The summed E-state index contributed by atoms with van der Waals surface area (Å²) < 4.78 is 10.7. The first kappa shape index (κ1) is 17.7. The van der Waals surface area contributed by atoms with E-state index in [1.165, 1.54) is 4.88 Å². The maximum Gasteiger partial charge on any atom is 0.251 e. The van der Waals surface area contributed by atoms with Gasteiger partial charge in [-0.2, -0.15) is 11.8 Å². The largest absolute Gasteiger partial charge is 0.493 e. The summed E-state index contributed by atoms with van der Waals surface area (Å²) in [7, 11) is 1.59. The van der Waals surface area contributed by atoms with Gasteiger partial charge < -0.3 is 14.8 Å². The summed E-state index contributed by atoms with van der Waals surface area (Å²) in [5.41, 5.74) is 0.581. The second kappa shape index (κ2) is 9.47. The Labute approximate surface area is 145 Å². The molecule has 0 radical (unpaired) electrons. The summed E-state index contributed by atoms with van der Waals surface area (Å²) in [5.74, 6) is 3.01. The van der Waals surface area contributed by atoms with Crippen LogP contribution in [0.2, 0.25) is 0 Å². The number of ether oxygens (including phenoxy) is 2. The number of hydrogen-bond acceptors (Lipinski definition) is 5. The number of methoxy groups -OCH3 is 1. The molecule has 0 aliphatic heterocycles. The van der Waals surface area contributed by atoms with E-state index in [-0.39, 0.29) is 5.91 Å². The molecule has 6 heteroatoms. The predicted molar refractivity (Wildman–Crippen MR) is 97.0 cm³/mol. The number of nitrogens with one attached hydrogen (secondary N) is 1. The number of hydrogen-bond donors (Lipinski definition) is 1. The summed E-state index contributed by atoms with van der Waals surface area (Å²) in [6.07, 6.45) is 0. The highest BCUT2D eigenvalue weighted by molar-refractivity contribution is 7.98. The van der Waals surface area contributed by atoms with E-state index in [1.54, 1.807) is 36.6 Å². The Bertz CT molecular complexity index is 614. The Morgan fingerprint density at radius 3 is 2.87 bits per heavy atom. The summed E-state index contributed by atoms with van der Waals surface area (Å²) in [4.78, 5) is 13.5. The van der Waals surface area contributed by atoms with Crippen LogP contribution in [0.3, 0.4) is 0 Å². The van der Waals surface area contributed by atoms with Crippen LogP contribution >= 0.6 is 23.1 Å². The van der Waals surface area contributed by atoms with Crippen LogP contribution in [0.15, 0.2) is 35.7 Å². The van der Waals surface area contributed by atoms with Crippen molar-refractivity contribution in [1.29, 1.82) is 0 Å². The predicted octanol–water partition coefficient (Wildman–Crippen LogP) is 3.82. The lowest BCUT2D eigenvalue weighted by Gasteiger charge is -2.11. The molecular formula is C17H21NO3S2. The second-order valence-corrected chi connectivity index (χ2v) is 6.82. The van der Waals surface area contributed by atoms with Crippen LogP contribution in [0.1, 0.15) is 22.2 Å². The zero-order valence-electron chi connectivity index (χ0n) is 13.3. The van der Waals surface area contributed by atoms with E-state index in [4.69, 9.17) is 9.47 Å². The SMILES string of the molecule is CCOc1cc(C(=O)NCCSCc2cccs2)ccc1OC. The fourth-order valence-corrected chi connectivity index (χ4v) is 3.69. The van der Waals surface area contributed by atoms with Crippen molar-refractivity contribution in [2.45, 2.75) is 12.7 Å². The van der Waals surface area contributed by atoms with Crippen LogP contribution in [0.4, 0.5) is 0 Å². The summed E-state index contributed by atoms with van der Waals surface area (Å²) in [5, 5.41) is 5.01. The quantitative estimate of drug-likeness (QED) is 0.698. The van der Waals surface area contributed by atoms with Crippen molar-refractivity contribution >= 4 is 29.0 Å². The van der Waals surface area contributed by atoms with Crippen LogP contribution in [-0.2, 0) is 5.75 Å².